The fraction of sp³-hybridized carbons (Fsp3) is 0.727. The van der Waals surface area contributed by atoms with E-state index < -0.39 is 36.4 Å². The normalized spacial score (nSPS) is 13.7. The summed E-state index contributed by atoms with van der Waals surface area (Å²) in [5.74, 6) is -1.88. The number of nitrogens with two attached hydrogens (primary N) is 1. The summed E-state index contributed by atoms with van der Waals surface area (Å²) in [5, 5.41) is 13.1. The number of carbonyl (C=O) groups is 3. The Morgan fingerprint density at radius 2 is 1.84 bits per heavy atom. The van der Waals surface area contributed by atoms with E-state index in [9.17, 15) is 14.4 Å². The van der Waals surface area contributed by atoms with Gasteiger partial charge in [0.15, 0.2) is 0 Å². The van der Waals surface area contributed by atoms with Gasteiger partial charge in [0.25, 0.3) is 0 Å². The molecular formula is C11H21N3O4S. The average Bonchev–Trinajstić information content (AvgIpc) is 2.31. The molecule has 0 saturated carbocycles. The number of aliphatic carboxylic acids is 1. The number of thiol groups is 1. The highest BCUT2D eigenvalue weighted by molar-refractivity contribution is 7.80. The molecule has 0 spiro atoms. The van der Waals surface area contributed by atoms with Crippen LogP contribution in [0.25, 0.3) is 0 Å². The van der Waals surface area contributed by atoms with Crippen molar-refractivity contribution in [1.29, 1.82) is 0 Å². The summed E-state index contributed by atoms with van der Waals surface area (Å²) >= 11 is 3.95. The average molecular weight is 291 g/mol. The highest BCUT2D eigenvalue weighted by Crippen LogP contribution is 2.03. The minimum atomic E-state index is -1.16. The predicted octanol–water partition coefficient (Wildman–Crippen LogP) is -1.02. The van der Waals surface area contributed by atoms with Crippen LogP contribution in [0.1, 0.15) is 20.3 Å². The van der Waals surface area contributed by atoms with Crippen molar-refractivity contribution < 1.29 is 19.5 Å². The highest BCUT2D eigenvalue weighted by Gasteiger charge is 2.23. The summed E-state index contributed by atoms with van der Waals surface area (Å²) in [7, 11) is 0. The van der Waals surface area contributed by atoms with Gasteiger partial charge in [-0.25, -0.2) is 0 Å². The standard InChI is InChI=1S/C11H21N3O4S/c1-6(2)3-7(12)10(17)14-8(5-19)11(18)13-4-9(15)16/h6-8,19H,3-5,12H2,1-2H3,(H,13,18)(H,14,17)(H,15,16)/t7-,8-/m0/s1. The van der Waals surface area contributed by atoms with E-state index in [4.69, 9.17) is 10.8 Å². The van der Waals surface area contributed by atoms with Crippen LogP contribution in [0, 0.1) is 5.92 Å². The summed E-state index contributed by atoms with van der Waals surface area (Å²) in [6.07, 6.45) is 0.502. The van der Waals surface area contributed by atoms with E-state index >= 15 is 0 Å². The van der Waals surface area contributed by atoms with Crippen molar-refractivity contribution in [2.24, 2.45) is 11.7 Å². The molecule has 0 aromatic heterocycles. The van der Waals surface area contributed by atoms with Gasteiger partial charge in [-0.15, -0.1) is 0 Å². The molecule has 7 nitrogen and oxygen atoms in total. The van der Waals surface area contributed by atoms with E-state index in [1.54, 1.807) is 0 Å². The van der Waals surface area contributed by atoms with Gasteiger partial charge >= 0.3 is 5.97 Å². The third-order valence-corrected chi connectivity index (χ3v) is 2.66. The molecule has 110 valence electrons. The molecular weight excluding hydrogens is 270 g/mol. The van der Waals surface area contributed by atoms with Gasteiger partial charge in [-0.1, -0.05) is 13.8 Å². The molecule has 0 heterocycles. The lowest BCUT2D eigenvalue weighted by Gasteiger charge is -2.19. The highest BCUT2D eigenvalue weighted by atomic mass is 32.1. The second-order valence-electron chi connectivity index (χ2n) is 4.59. The predicted molar refractivity (Wildman–Crippen MR) is 73.9 cm³/mol. The van der Waals surface area contributed by atoms with Gasteiger partial charge in [0.05, 0.1) is 6.04 Å². The fourth-order valence-electron chi connectivity index (χ4n) is 1.37. The van der Waals surface area contributed by atoms with Gasteiger partial charge in [0.1, 0.15) is 12.6 Å². The van der Waals surface area contributed by atoms with Gasteiger partial charge in [0, 0.05) is 5.75 Å². The van der Waals surface area contributed by atoms with Crippen molar-refractivity contribution in [1.82, 2.24) is 10.6 Å². The van der Waals surface area contributed by atoms with Gasteiger partial charge in [-0.2, -0.15) is 12.6 Å². The minimum Gasteiger partial charge on any atom is -0.480 e. The summed E-state index contributed by atoms with van der Waals surface area (Å²) in [5.41, 5.74) is 5.68. The molecule has 5 N–H and O–H groups in total. The van der Waals surface area contributed by atoms with Crippen molar-refractivity contribution in [2.75, 3.05) is 12.3 Å². The third kappa shape index (κ3) is 7.68. The number of carbonyl (C=O) groups excluding carboxylic acids is 2. The van der Waals surface area contributed by atoms with Crippen LogP contribution in [-0.4, -0.2) is 47.3 Å². The van der Waals surface area contributed by atoms with Crippen LogP contribution in [0.4, 0.5) is 0 Å². The molecule has 0 unspecified atom stereocenters. The molecule has 19 heavy (non-hydrogen) atoms. The van der Waals surface area contributed by atoms with Gasteiger partial charge in [0.2, 0.25) is 11.8 Å². The fourth-order valence-corrected chi connectivity index (χ4v) is 1.63. The Labute approximate surface area is 117 Å². The van der Waals surface area contributed by atoms with Gasteiger partial charge in [-0.05, 0) is 12.3 Å². The second kappa shape index (κ2) is 8.76. The molecule has 0 aromatic rings. The molecule has 0 aliphatic heterocycles. The molecule has 0 aliphatic rings. The van der Waals surface area contributed by atoms with Crippen LogP contribution >= 0.6 is 12.6 Å². The molecule has 0 aromatic carbocycles. The molecule has 0 radical (unpaired) electrons. The van der Waals surface area contributed by atoms with Crippen LogP contribution in [0.15, 0.2) is 0 Å². The third-order valence-electron chi connectivity index (χ3n) is 2.29. The maximum atomic E-state index is 11.7. The summed E-state index contributed by atoms with van der Waals surface area (Å²) in [6.45, 7) is 3.36. The lowest BCUT2D eigenvalue weighted by molar-refractivity contribution is -0.138. The number of carboxylic acids is 1. The zero-order chi connectivity index (χ0) is 15.0. The van der Waals surface area contributed by atoms with Crippen molar-refractivity contribution in [2.45, 2.75) is 32.4 Å². The van der Waals surface area contributed by atoms with Crippen LogP contribution in [0.2, 0.25) is 0 Å². The Morgan fingerprint density at radius 1 is 1.26 bits per heavy atom. The van der Waals surface area contributed by atoms with Crippen molar-refractivity contribution >= 4 is 30.4 Å². The molecule has 0 aliphatic carbocycles. The lowest BCUT2D eigenvalue weighted by Crippen LogP contribution is -2.53. The minimum absolute atomic E-state index is 0.0611. The van der Waals surface area contributed by atoms with Gasteiger partial charge < -0.3 is 21.5 Å². The second-order valence-corrected chi connectivity index (χ2v) is 4.96. The Morgan fingerprint density at radius 3 is 2.26 bits per heavy atom. The quantitative estimate of drug-likeness (QED) is 0.366. The van der Waals surface area contributed by atoms with E-state index in [1.807, 2.05) is 13.8 Å². The number of hydrogen-bond acceptors (Lipinski definition) is 5. The first-order valence-electron chi connectivity index (χ1n) is 5.94. The van der Waals surface area contributed by atoms with Crippen molar-refractivity contribution in [3.05, 3.63) is 0 Å². The first-order chi connectivity index (χ1) is 8.77. The molecule has 0 bridgehead atoms. The maximum Gasteiger partial charge on any atom is 0.322 e. The van der Waals surface area contributed by atoms with Crippen molar-refractivity contribution in [3.63, 3.8) is 0 Å². The summed E-state index contributed by atoms with van der Waals surface area (Å²) < 4.78 is 0. The first kappa shape index (κ1) is 17.7. The summed E-state index contributed by atoms with van der Waals surface area (Å²) in [4.78, 5) is 33.6. The van der Waals surface area contributed by atoms with Crippen LogP contribution in [0.3, 0.4) is 0 Å². The molecule has 0 saturated heterocycles. The number of carboxylic acid groups (broad SMARTS) is 1. The van der Waals surface area contributed by atoms with Crippen LogP contribution < -0.4 is 16.4 Å². The topological polar surface area (TPSA) is 122 Å². The first-order valence-corrected chi connectivity index (χ1v) is 6.57. The molecule has 2 amide bonds. The van der Waals surface area contributed by atoms with E-state index in [0.717, 1.165) is 0 Å². The Bertz CT molecular complexity index is 336. The molecule has 0 rings (SSSR count). The van der Waals surface area contributed by atoms with Crippen LogP contribution in [0.5, 0.6) is 0 Å². The van der Waals surface area contributed by atoms with Crippen molar-refractivity contribution in [3.8, 4) is 0 Å². The van der Waals surface area contributed by atoms with E-state index in [0.29, 0.717) is 6.42 Å². The lowest BCUT2D eigenvalue weighted by atomic mass is 10.0. The zero-order valence-electron chi connectivity index (χ0n) is 11.0. The number of nitrogens with one attached hydrogen (secondary N) is 2. The number of hydrogen-bond donors (Lipinski definition) is 5. The Kier molecular flexibility index (Phi) is 8.17. The van der Waals surface area contributed by atoms with Crippen LogP contribution in [-0.2, 0) is 14.4 Å². The summed E-state index contributed by atoms with van der Waals surface area (Å²) in [6, 6.07) is -1.59. The molecule has 0 fully saturated rings. The Hall–Kier alpha value is -1.28. The van der Waals surface area contributed by atoms with E-state index in [2.05, 4.69) is 23.3 Å². The largest absolute Gasteiger partial charge is 0.480 e. The Balaban J connectivity index is 4.34. The smallest absolute Gasteiger partial charge is 0.322 e. The zero-order valence-corrected chi connectivity index (χ0v) is 11.9. The number of rotatable bonds is 8. The maximum absolute atomic E-state index is 11.7. The molecule has 2 atom stereocenters. The monoisotopic (exact) mass is 291 g/mol. The number of amides is 2. The molecule has 8 heteroatoms. The van der Waals surface area contributed by atoms with Gasteiger partial charge in [-0.3, -0.25) is 14.4 Å². The van der Waals surface area contributed by atoms with E-state index in [-0.39, 0.29) is 11.7 Å². The SMILES string of the molecule is CC(C)C[C@H](N)C(=O)N[C@@H](CS)C(=O)NCC(=O)O. The van der Waals surface area contributed by atoms with E-state index in [1.165, 1.54) is 0 Å².